The van der Waals surface area contributed by atoms with Gasteiger partial charge in [0.15, 0.2) is 15.0 Å². The van der Waals surface area contributed by atoms with E-state index in [1.807, 2.05) is 0 Å². The van der Waals surface area contributed by atoms with Crippen LogP contribution in [-0.4, -0.2) is 42.3 Å². The van der Waals surface area contributed by atoms with Gasteiger partial charge in [-0.05, 0) is 25.0 Å². The predicted octanol–water partition coefficient (Wildman–Crippen LogP) is 1.98. The summed E-state index contributed by atoms with van der Waals surface area (Å²) in [4.78, 5) is 17.6. The van der Waals surface area contributed by atoms with Gasteiger partial charge in [-0.15, -0.1) is 0 Å². The Balaban J connectivity index is 1.76. The number of fused-ring (bicyclic) bond motifs is 1. The van der Waals surface area contributed by atoms with Crippen molar-refractivity contribution in [3.05, 3.63) is 29.8 Å². The lowest BCUT2D eigenvalue weighted by atomic mass is 10.2. The zero-order valence-electron chi connectivity index (χ0n) is 12.5. The van der Waals surface area contributed by atoms with Gasteiger partial charge in [-0.1, -0.05) is 11.8 Å². The Morgan fingerprint density at radius 3 is 2.67 bits per heavy atom. The first-order valence-corrected chi connectivity index (χ1v) is 10.3. The Labute approximate surface area is 142 Å². The van der Waals surface area contributed by atoms with E-state index in [0.717, 1.165) is 25.0 Å². The van der Waals surface area contributed by atoms with Crippen LogP contribution in [0.5, 0.6) is 0 Å². The first-order chi connectivity index (χ1) is 11.3. The number of sulfone groups is 1. The van der Waals surface area contributed by atoms with Crippen molar-refractivity contribution in [3.8, 4) is 0 Å². The first-order valence-electron chi connectivity index (χ1n) is 7.58. The number of benzene rings is 1. The van der Waals surface area contributed by atoms with Crippen LogP contribution in [0.25, 0.3) is 0 Å². The van der Waals surface area contributed by atoms with E-state index in [-0.39, 0.29) is 34.3 Å². The van der Waals surface area contributed by atoms with E-state index in [9.17, 15) is 22.0 Å². The molecule has 0 spiro atoms. The minimum atomic E-state index is -3.22. The van der Waals surface area contributed by atoms with E-state index < -0.39 is 27.5 Å². The molecule has 0 N–H and O–H groups in total. The number of nitrogens with zero attached hydrogens (tertiary/aromatic N) is 2. The molecule has 1 aromatic rings. The quantitative estimate of drug-likeness (QED) is 0.794. The van der Waals surface area contributed by atoms with Gasteiger partial charge in [0, 0.05) is 17.2 Å². The van der Waals surface area contributed by atoms with Crippen molar-refractivity contribution in [3.63, 3.8) is 0 Å². The molecule has 5 nitrogen and oxygen atoms in total. The molecule has 4 rings (SSSR count). The number of amides is 1. The van der Waals surface area contributed by atoms with Gasteiger partial charge in [0.2, 0.25) is 0 Å². The molecule has 1 aliphatic carbocycles. The summed E-state index contributed by atoms with van der Waals surface area (Å²) in [6, 6.07) is 2.62. The summed E-state index contributed by atoms with van der Waals surface area (Å²) in [7, 11) is -3.22. The van der Waals surface area contributed by atoms with Gasteiger partial charge in [0.05, 0.1) is 23.2 Å². The molecule has 0 bridgehead atoms. The molecule has 0 aromatic heterocycles. The molecule has 2 aliphatic heterocycles. The molecular weight excluding hydrogens is 358 g/mol. The summed E-state index contributed by atoms with van der Waals surface area (Å²) in [5.74, 6) is -2.01. The maximum atomic E-state index is 14.3. The Bertz CT molecular complexity index is 852. The van der Waals surface area contributed by atoms with Crippen molar-refractivity contribution in [1.82, 2.24) is 0 Å². The lowest BCUT2D eigenvalue weighted by Crippen LogP contribution is -2.38. The Hall–Kier alpha value is -1.48. The van der Waals surface area contributed by atoms with Gasteiger partial charge in [-0.3, -0.25) is 4.79 Å². The average molecular weight is 372 g/mol. The molecule has 0 radical (unpaired) electrons. The molecule has 1 saturated carbocycles. The highest BCUT2D eigenvalue weighted by Gasteiger charge is 2.50. The third-order valence-corrected chi connectivity index (χ3v) is 7.58. The van der Waals surface area contributed by atoms with E-state index in [1.54, 1.807) is 0 Å². The van der Waals surface area contributed by atoms with Crippen molar-refractivity contribution in [2.45, 2.75) is 24.1 Å². The number of rotatable bonds is 2. The first kappa shape index (κ1) is 16.0. The highest BCUT2D eigenvalue weighted by atomic mass is 32.2. The number of halogens is 2. The number of hydrogen-bond acceptors (Lipinski definition) is 4. The Kier molecular flexibility index (Phi) is 3.68. The van der Waals surface area contributed by atoms with Crippen LogP contribution in [0.1, 0.15) is 12.8 Å². The van der Waals surface area contributed by atoms with Crippen LogP contribution in [0.4, 0.5) is 14.5 Å². The standard InChI is InChI=1S/C15H14F2N2O3S2/c16-9-3-4-11(10(17)5-9)19-12-6-24(21,22)7-13(12)23-15(19)18-14(20)8-1-2-8/h3-5,8,12-13H,1-2,6-7H2/t12-,13-/m1/s1. The van der Waals surface area contributed by atoms with Crippen LogP contribution >= 0.6 is 11.8 Å². The van der Waals surface area contributed by atoms with Crippen molar-refractivity contribution < 1.29 is 22.0 Å². The third-order valence-electron chi connectivity index (χ3n) is 4.37. The van der Waals surface area contributed by atoms with Crippen molar-refractivity contribution in [2.75, 3.05) is 16.4 Å². The molecule has 1 aromatic carbocycles. The van der Waals surface area contributed by atoms with Crippen molar-refractivity contribution in [2.24, 2.45) is 10.9 Å². The number of thioether (sulfide) groups is 1. The molecule has 2 saturated heterocycles. The third kappa shape index (κ3) is 2.83. The summed E-state index contributed by atoms with van der Waals surface area (Å²) >= 11 is 1.19. The minimum Gasteiger partial charge on any atom is -0.313 e. The summed E-state index contributed by atoms with van der Waals surface area (Å²) in [5, 5.41) is 0.00696. The maximum Gasteiger partial charge on any atom is 0.251 e. The molecule has 3 aliphatic rings. The normalized spacial score (nSPS) is 29.9. The zero-order valence-corrected chi connectivity index (χ0v) is 14.1. The van der Waals surface area contributed by atoms with Crippen LogP contribution in [-0.2, 0) is 14.6 Å². The highest BCUT2D eigenvalue weighted by molar-refractivity contribution is 8.16. The molecule has 2 heterocycles. The molecular formula is C15H14F2N2O3S2. The fourth-order valence-electron chi connectivity index (χ4n) is 3.04. The lowest BCUT2D eigenvalue weighted by Gasteiger charge is -2.24. The Morgan fingerprint density at radius 1 is 1.25 bits per heavy atom. The van der Waals surface area contributed by atoms with Crippen LogP contribution in [0.3, 0.4) is 0 Å². The number of hydrogen-bond donors (Lipinski definition) is 0. The van der Waals surface area contributed by atoms with E-state index in [2.05, 4.69) is 4.99 Å². The molecule has 3 fully saturated rings. The second kappa shape index (κ2) is 5.52. The molecule has 2 atom stereocenters. The van der Waals surface area contributed by atoms with E-state index in [1.165, 1.54) is 22.7 Å². The summed E-state index contributed by atoms with van der Waals surface area (Å²) < 4.78 is 51.3. The van der Waals surface area contributed by atoms with Gasteiger partial charge in [-0.2, -0.15) is 4.99 Å². The maximum absolute atomic E-state index is 14.3. The van der Waals surface area contributed by atoms with E-state index >= 15 is 0 Å². The van der Waals surface area contributed by atoms with Crippen LogP contribution in [0, 0.1) is 17.6 Å². The SMILES string of the molecule is O=C(N=C1S[C@@H]2CS(=O)(=O)C[C@H]2N1c1ccc(F)cc1F)C1CC1. The Morgan fingerprint density at radius 2 is 2.00 bits per heavy atom. The minimum absolute atomic E-state index is 0.0295. The highest BCUT2D eigenvalue weighted by Crippen LogP contribution is 2.42. The van der Waals surface area contributed by atoms with Crippen molar-refractivity contribution in [1.29, 1.82) is 0 Å². The fourth-order valence-corrected chi connectivity index (χ4v) is 6.95. The van der Waals surface area contributed by atoms with Gasteiger partial charge in [-0.25, -0.2) is 17.2 Å². The fraction of sp³-hybridized carbons (Fsp3) is 0.467. The van der Waals surface area contributed by atoms with Gasteiger partial charge < -0.3 is 4.90 Å². The van der Waals surface area contributed by atoms with Crippen molar-refractivity contribution >= 4 is 38.4 Å². The number of carbonyl (C=O) groups excluding carboxylic acids is 1. The van der Waals surface area contributed by atoms with Crippen LogP contribution in [0.15, 0.2) is 23.2 Å². The average Bonchev–Trinajstić information content (AvgIpc) is 3.22. The smallest absolute Gasteiger partial charge is 0.251 e. The number of amidine groups is 1. The summed E-state index contributed by atoms with van der Waals surface area (Å²) in [6.07, 6.45) is 1.60. The second-order valence-corrected chi connectivity index (χ2v) is 9.63. The molecule has 1 amide bonds. The molecule has 0 unspecified atom stereocenters. The number of aliphatic imine (C=N–C) groups is 1. The molecule has 128 valence electrons. The predicted molar refractivity (Wildman–Crippen MR) is 87.8 cm³/mol. The van der Waals surface area contributed by atoms with Gasteiger partial charge >= 0.3 is 0 Å². The topological polar surface area (TPSA) is 66.8 Å². The second-order valence-electron chi connectivity index (χ2n) is 6.27. The van der Waals surface area contributed by atoms with Crippen LogP contribution < -0.4 is 4.90 Å². The number of carbonyl (C=O) groups is 1. The van der Waals surface area contributed by atoms with Gasteiger partial charge in [0.25, 0.3) is 5.91 Å². The van der Waals surface area contributed by atoms with E-state index in [4.69, 9.17) is 0 Å². The monoisotopic (exact) mass is 372 g/mol. The summed E-state index contributed by atoms with van der Waals surface area (Å²) in [6.45, 7) is 0. The lowest BCUT2D eigenvalue weighted by molar-refractivity contribution is -0.118. The van der Waals surface area contributed by atoms with Crippen LogP contribution in [0.2, 0.25) is 0 Å². The number of anilines is 1. The molecule has 24 heavy (non-hydrogen) atoms. The van der Waals surface area contributed by atoms with Gasteiger partial charge in [0.1, 0.15) is 11.6 Å². The summed E-state index contributed by atoms with van der Waals surface area (Å²) in [5.41, 5.74) is 0.0517. The van der Waals surface area contributed by atoms with E-state index in [0.29, 0.717) is 5.17 Å². The zero-order chi connectivity index (χ0) is 17.1. The largest absolute Gasteiger partial charge is 0.313 e. The molecule has 9 heteroatoms.